The first kappa shape index (κ1) is 18.1. The van der Waals surface area contributed by atoms with Gasteiger partial charge in [0, 0.05) is 25.6 Å². The van der Waals surface area contributed by atoms with Gasteiger partial charge in [0.2, 0.25) is 0 Å². The molecule has 1 aliphatic heterocycles. The van der Waals surface area contributed by atoms with Crippen molar-refractivity contribution < 1.29 is 18.7 Å². The number of hydrogen-bond donors (Lipinski definition) is 0. The summed E-state index contributed by atoms with van der Waals surface area (Å²) in [5.74, 6) is -0.775. The van der Waals surface area contributed by atoms with Crippen LogP contribution in [0.3, 0.4) is 0 Å². The Bertz CT molecular complexity index is 782. The van der Waals surface area contributed by atoms with Crippen molar-refractivity contribution in [2.45, 2.75) is 25.0 Å². The Labute approximate surface area is 158 Å². The SMILES string of the molecule is O=C(OCC1CN(Cc2ccccc2)CCO1)C1CC1c1ccccc1F. The number of halogens is 1. The fourth-order valence-electron chi connectivity index (χ4n) is 3.72. The second-order valence-electron chi connectivity index (χ2n) is 7.31. The maximum Gasteiger partial charge on any atom is 0.309 e. The highest BCUT2D eigenvalue weighted by Gasteiger charge is 2.46. The van der Waals surface area contributed by atoms with Crippen molar-refractivity contribution in [3.63, 3.8) is 0 Å². The van der Waals surface area contributed by atoms with Gasteiger partial charge >= 0.3 is 5.97 Å². The van der Waals surface area contributed by atoms with Gasteiger partial charge in [0.05, 0.1) is 12.5 Å². The van der Waals surface area contributed by atoms with Crippen molar-refractivity contribution in [1.29, 1.82) is 0 Å². The number of carbonyl (C=O) groups excluding carboxylic acids is 1. The number of nitrogens with zero attached hydrogens (tertiary/aromatic N) is 1. The van der Waals surface area contributed by atoms with Crippen LogP contribution in [0.15, 0.2) is 54.6 Å². The molecule has 0 bridgehead atoms. The van der Waals surface area contributed by atoms with Gasteiger partial charge in [-0.15, -0.1) is 0 Å². The summed E-state index contributed by atoms with van der Waals surface area (Å²) in [7, 11) is 0. The zero-order chi connectivity index (χ0) is 18.6. The molecule has 2 aliphatic rings. The molecule has 1 saturated carbocycles. The van der Waals surface area contributed by atoms with Crippen LogP contribution in [0.5, 0.6) is 0 Å². The molecule has 0 aromatic heterocycles. The molecule has 0 spiro atoms. The lowest BCUT2D eigenvalue weighted by atomic mass is 10.1. The molecule has 2 aromatic carbocycles. The molecule has 0 N–H and O–H groups in total. The molecule has 1 heterocycles. The van der Waals surface area contributed by atoms with E-state index in [1.807, 2.05) is 18.2 Å². The smallest absolute Gasteiger partial charge is 0.309 e. The molecule has 3 atom stereocenters. The second kappa shape index (κ2) is 8.19. The Morgan fingerprint density at radius 1 is 1.15 bits per heavy atom. The van der Waals surface area contributed by atoms with Crippen LogP contribution < -0.4 is 0 Å². The van der Waals surface area contributed by atoms with Crippen LogP contribution >= 0.6 is 0 Å². The summed E-state index contributed by atoms with van der Waals surface area (Å²) in [5, 5.41) is 0. The summed E-state index contributed by atoms with van der Waals surface area (Å²) in [6.07, 6.45) is 0.544. The molecule has 4 nitrogen and oxygen atoms in total. The van der Waals surface area contributed by atoms with Crippen LogP contribution in [0.1, 0.15) is 23.5 Å². The predicted molar refractivity (Wildman–Crippen MR) is 99.7 cm³/mol. The monoisotopic (exact) mass is 369 g/mol. The van der Waals surface area contributed by atoms with Crippen LogP contribution in [0, 0.1) is 11.7 Å². The molecule has 27 heavy (non-hydrogen) atoms. The number of morpholine rings is 1. The molecule has 0 radical (unpaired) electrons. The van der Waals surface area contributed by atoms with Crippen molar-refractivity contribution in [2.75, 3.05) is 26.3 Å². The first-order valence-corrected chi connectivity index (χ1v) is 9.49. The van der Waals surface area contributed by atoms with Crippen LogP contribution in [0.25, 0.3) is 0 Å². The number of hydrogen-bond acceptors (Lipinski definition) is 4. The molecule has 142 valence electrons. The van der Waals surface area contributed by atoms with Gasteiger partial charge in [0.1, 0.15) is 18.5 Å². The molecule has 3 unspecified atom stereocenters. The van der Waals surface area contributed by atoms with Gasteiger partial charge in [0.25, 0.3) is 0 Å². The quantitative estimate of drug-likeness (QED) is 0.732. The molecule has 4 rings (SSSR count). The average Bonchev–Trinajstić information content (AvgIpc) is 3.48. The lowest BCUT2D eigenvalue weighted by molar-refractivity contribution is -0.152. The predicted octanol–water partition coefficient (Wildman–Crippen LogP) is 3.37. The van der Waals surface area contributed by atoms with E-state index >= 15 is 0 Å². The normalized spacial score (nSPS) is 25.1. The number of esters is 1. The van der Waals surface area contributed by atoms with E-state index in [4.69, 9.17) is 9.47 Å². The van der Waals surface area contributed by atoms with Crippen molar-refractivity contribution >= 4 is 5.97 Å². The number of benzene rings is 2. The molecule has 0 amide bonds. The topological polar surface area (TPSA) is 38.8 Å². The fraction of sp³-hybridized carbons (Fsp3) is 0.409. The summed E-state index contributed by atoms with van der Waals surface area (Å²) in [6.45, 7) is 3.37. The zero-order valence-corrected chi connectivity index (χ0v) is 15.2. The summed E-state index contributed by atoms with van der Waals surface area (Å²) in [5.41, 5.74) is 1.88. The molecular formula is C22H24FNO3. The van der Waals surface area contributed by atoms with E-state index in [1.54, 1.807) is 18.2 Å². The van der Waals surface area contributed by atoms with E-state index in [1.165, 1.54) is 11.6 Å². The lowest BCUT2D eigenvalue weighted by Gasteiger charge is -2.32. The summed E-state index contributed by atoms with van der Waals surface area (Å²) < 4.78 is 25.1. The zero-order valence-electron chi connectivity index (χ0n) is 15.2. The number of ether oxygens (including phenoxy) is 2. The van der Waals surface area contributed by atoms with E-state index < -0.39 is 0 Å². The highest BCUT2D eigenvalue weighted by atomic mass is 19.1. The van der Waals surface area contributed by atoms with Crippen LogP contribution in [0.4, 0.5) is 4.39 Å². The first-order chi connectivity index (χ1) is 13.2. The first-order valence-electron chi connectivity index (χ1n) is 9.49. The van der Waals surface area contributed by atoms with Gasteiger partial charge in [-0.2, -0.15) is 0 Å². The highest BCUT2D eigenvalue weighted by molar-refractivity contribution is 5.77. The maximum absolute atomic E-state index is 13.8. The van der Waals surface area contributed by atoms with Crippen molar-refractivity contribution in [1.82, 2.24) is 4.90 Å². The van der Waals surface area contributed by atoms with Gasteiger partial charge in [0.15, 0.2) is 0 Å². The van der Waals surface area contributed by atoms with Crippen LogP contribution in [0.2, 0.25) is 0 Å². The van der Waals surface area contributed by atoms with Gasteiger partial charge in [-0.25, -0.2) is 4.39 Å². The third-order valence-electron chi connectivity index (χ3n) is 5.28. The minimum absolute atomic E-state index is 0.0550. The Morgan fingerprint density at radius 3 is 2.74 bits per heavy atom. The van der Waals surface area contributed by atoms with Gasteiger partial charge in [-0.05, 0) is 23.6 Å². The molecule has 1 saturated heterocycles. The van der Waals surface area contributed by atoms with E-state index in [0.717, 1.165) is 19.6 Å². The van der Waals surface area contributed by atoms with Crippen LogP contribution in [-0.2, 0) is 20.8 Å². The Hall–Kier alpha value is -2.24. The Morgan fingerprint density at radius 2 is 1.93 bits per heavy atom. The van der Waals surface area contributed by atoms with E-state index in [0.29, 0.717) is 18.6 Å². The van der Waals surface area contributed by atoms with Crippen molar-refractivity contribution in [3.05, 3.63) is 71.5 Å². The lowest BCUT2D eigenvalue weighted by Crippen LogP contribution is -2.44. The minimum Gasteiger partial charge on any atom is -0.463 e. The molecular weight excluding hydrogens is 345 g/mol. The van der Waals surface area contributed by atoms with Crippen molar-refractivity contribution in [2.24, 2.45) is 5.92 Å². The van der Waals surface area contributed by atoms with Gasteiger partial charge in [-0.1, -0.05) is 48.5 Å². The Balaban J connectivity index is 1.24. The summed E-state index contributed by atoms with van der Waals surface area (Å²) >= 11 is 0. The van der Waals surface area contributed by atoms with E-state index in [-0.39, 0.29) is 36.3 Å². The average molecular weight is 369 g/mol. The van der Waals surface area contributed by atoms with Gasteiger partial charge in [-0.3, -0.25) is 9.69 Å². The second-order valence-corrected chi connectivity index (χ2v) is 7.31. The summed E-state index contributed by atoms with van der Waals surface area (Å²) in [4.78, 5) is 14.6. The third-order valence-corrected chi connectivity index (χ3v) is 5.28. The minimum atomic E-state index is -0.245. The van der Waals surface area contributed by atoms with Crippen molar-refractivity contribution in [3.8, 4) is 0 Å². The van der Waals surface area contributed by atoms with Gasteiger partial charge < -0.3 is 9.47 Å². The maximum atomic E-state index is 13.8. The molecule has 1 aliphatic carbocycles. The van der Waals surface area contributed by atoms with Crippen LogP contribution in [-0.4, -0.2) is 43.3 Å². The number of carbonyl (C=O) groups is 1. The third kappa shape index (κ3) is 4.54. The highest BCUT2D eigenvalue weighted by Crippen LogP contribution is 2.48. The van der Waals surface area contributed by atoms with E-state index in [2.05, 4.69) is 17.0 Å². The van der Waals surface area contributed by atoms with E-state index in [9.17, 15) is 9.18 Å². The Kier molecular flexibility index (Phi) is 5.50. The molecule has 2 aromatic rings. The number of rotatable bonds is 6. The largest absolute Gasteiger partial charge is 0.463 e. The fourth-order valence-corrected chi connectivity index (χ4v) is 3.72. The molecule has 2 fully saturated rings. The summed E-state index contributed by atoms with van der Waals surface area (Å²) in [6, 6.07) is 17.0. The molecule has 5 heteroatoms. The standard InChI is InChI=1S/C22H24FNO3/c23-21-9-5-4-8-18(21)19-12-20(19)22(25)27-15-17-14-24(10-11-26-17)13-16-6-2-1-3-7-16/h1-9,17,19-20H,10-15H2.